The predicted octanol–water partition coefficient (Wildman–Crippen LogP) is 1.27. The number of amides is 1. The number of carbonyl (C=O) groups excluding carboxylic acids is 1. The zero-order valence-corrected chi connectivity index (χ0v) is 23.5. The number of pyridine rings is 1. The number of halogens is 1. The second kappa shape index (κ2) is 11.2. The van der Waals surface area contributed by atoms with Crippen LogP contribution in [-0.2, 0) is 14.3 Å². The number of benzene rings is 1. The van der Waals surface area contributed by atoms with Crippen LogP contribution >= 0.6 is 0 Å². The maximum Gasteiger partial charge on any atom is 0.341 e. The van der Waals surface area contributed by atoms with Crippen molar-refractivity contribution in [1.29, 1.82) is 0 Å². The number of carboxylic acids is 2. The van der Waals surface area contributed by atoms with Gasteiger partial charge < -0.3 is 39.6 Å². The fraction of sp³-hybridized carbons (Fsp3) is 0.517. The van der Waals surface area contributed by atoms with Crippen molar-refractivity contribution in [3.05, 3.63) is 45.7 Å². The summed E-state index contributed by atoms with van der Waals surface area (Å²) in [7, 11) is 1.48. The maximum absolute atomic E-state index is 15.3. The summed E-state index contributed by atoms with van der Waals surface area (Å²) in [6, 6.07) is 0.555. The highest BCUT2D eigenvalue weighted by atomic mass is 19.1. The summed E-state index contributed by atoms with van der Waals surface area (Å²) in [5.74, 6) is -2.29. The standard InChI is InChI=1S/C21H24FN3O4.C8H9NO5/c1-29-20-17-13(19(26)14(21(27)28)9-25(17)12-4-5-12)7-15(22)18(20)24-8-11-3-2-6-23-16(11)10-24;10-2-1-4-7(8(12)13)9-5(11)3-6(9)14-4/h7,9,11-12,16,23H,2-6,8,10H2,1H3,(H,27,28);1,6-7,10H,2-3H2,(H,12,13). The molecule has 1 aromatic carbocycles. The topological polar surface area (TPSA) is 171 Å². The molecule has 14 heteroatoms. The number of carbonyl (C=O) groups is 3. The second-order valence-electron chi connectivity index (χ2n) is 11.4. The third-order valence-corrected chi connectivity index (χ3v) is 8.78. The molecule has 230 valence electrons. The third-order valence-electron chi connectivity index (χ3n) is 8.78. The quantitative estimate of drug-likeness (QED) is 0.352. The Morgan fingerprint density at radius 1 is 1.21 bits per heavy atom. The van der Waals surface area contributed by atoms with Gasteiger partial charge in [-0.25, -0.2) is 14.0 Å². The van der Waals surface area contributed by atoms with Gasteiger partial charge >= 0.3 is 11.9 Å². The van der Waals surface area contributed by atoms with Crippen molar-refractivity contribution in [3.8, 4) is 5.75 Å². The van der Waals surface area contributed by atoms with Crippen molar-refractivity contribution in [3.63, 3.8) is 0 Å². The van der Waals surface area contributed by atoms with Gasteiger partial charge in [0.15, 0.2) is 23.8 Å². The van der Waals surface area contributed by atoms with Crippen molar-refractivity contribution in [2.24, 2.45) is 5.92 Å². The fourth-order valence-electron chi connectivity index (χ4n) is 6.61. The van der Waals surface area contributed by atoms with Gasteiger partial charge in [-0.1, -0.05) is 0 Å². The summed E-state index contributed by atoms with van der Waals surface area (Å²) in [6.07, 6.45) is 6.43. The molecule has 7 rings (SSSR count). The number of nitrogens with one attached hydrogen (secondary N) is 1. The lowest BCUT2D eigenvalue weighted by Crippen LogP contribution is -2.54. The lowest BCUT2D eigenvalue weighted by atomic mass is 9.94. The van der Waals surface area contributed by atoms with Crippen LogP contribution in [0.1, 0.15) is 48.5 Å². The molecule has 0 bridgehead atoms. The molecule has 5 fully saturated rings. The van der Waals surface area contributed by atoms with E-state index in [4.69, 9.17) is 19.7 Å². The number of aliphatic carboxylic acids is 1. The van der Waals surface area contributed by atoms with Gasteiger partial charge in [0, 0.05) is 31.4 Å². The second-order valence-corrected chi connectivity index (χ2v) is 11.4. The number of aliphatic hydroxyl groups is 1. The Kier molecular flexibility index (Phi) is 7.50. The number of piperidine rings is 1. The number of aliphatic hydroxyl groups excluding tert-OH is 1. The average molecular weight is 601 g/mol. The van der Waals surface area contributed by atoms with E-state index in [0.29, 0.717) is 35.5 Å². The number of hydrogen-bond donors (Lipinski definition) is 4. The smallest absolute Gasteiger partial charge is 0.341 e. The average Bonchev–Trinajstić information content (AvgIpc) is 3.65. The first-order valence-corrected chi connectivity index (χ1v) is 14.3. The van der Waals surface area contributed by atoms with Gasteiger partial charge in [-0.05, 0) is 50.3 Å². The highest BCUT2D eigenvalue weighted by molar-refractivity contribution is 5.97. The van der Waals surface area contributed by atoms with Crippen LogP contribution in [0.15, 0.2) is 28.9 Å². The lowest BCUT2D eigenvalue weighted by Gasteiger charge is -2.33. The first-order valence-electron chi connectivity index (χ1n) is 14.3. The lowest BCUT2D eigenvalue weighted by molar-refractivity contribution is -0.163. The van der Waals surface area contributed by atoms with E-state index in [1.165, 1.54) is 30.3 Å². The van der Waals surface area contributed by atoms with E-state index >= 15 is 4.39 Å². The van der Waals surface area contributed by atoms with Crippen LogP contribution in [0.4, 0.5) is 10.1 Å². The normalized spacial score (nSPS) is 26.8. The van der Waals surface area contributed by atoms with Gasteiger partial charge in [-0.15, -0.1) is 0 Å². The molecule has 4 aliphatic heterocycles. The molecule has 4 unspecified atom stereocenters. The number of fused-ring (bicyclic) bond motifs is 3. The van der Waals surface area contributed by atoms with E-state index in [1.807, 2.05) is 4.90 Å². The van der Waals surface area contributed by atoms with Crippen molar-refractivity contribution in [1.82, 2.24) is 14.8 Å². The van der Waals surface area contributed by atoms with E-state index in [0.717, 1.165) is 38.8 Å². The molecule has 0 spiro atoms. The van der Waals surface area contributed by atoms with E-state index < -0.39 is 35.5 Å². The number of ether oxygens (including phenoxy) is 2. The minimum atomic E-state index is -1.30. The van der Waals surface area contributed by atoms with E-state index in [1.54, 1.807) is 4.57 Å². The molecule has 4 saturated heterocycles. The molecule has 5 heterocycles. The number of rotatable bonds is 6. The number of aromatic nitrogens is 1. The fourth-order valence-corrected chi connectivity index (χ4v) is 6.61. The predicted molar refractivity (Wildman–Crippen MR) is 150 cm³/mol. The van der Waals surface area contributed by atoms with E-state index in [9.17, 15) is 24.3 Å². The molecule has 2 aromatic rings. The largest absolute Gasteiger partial charge is 0.492 e. The maximum atomic E-state index is 15.3. The zero-order chi connectivity index (χ0) is 30.6. The van der Waals surface area contributed by atoms with Gasteiger partial charge in [-0.3, -0.25) is 14.5 Å². The highest BCUT2D eigenvalue weighted by Crippen LogP contribution is 2.45. The van der Waals surface area contributed by atoms with Crippen LogP contribution in [0.2, 0.25) is 0 Å². The van der Waals surface area contributed by atoms with Crippen molar-refractivity contribution in [2.45, 2.75) is 56.5 Å². The SMILES string of the molecule is COc1c(N2CC3CCCNC3C2)c(F)cc2c(=O)c(C(=O)O)cn(C3CC3)c12.O=C(O)C1C(=CCO)OC2CC(=O)N21. The number of methoxy groups -OCH3 is 1. The Morgan fingerprint density at radius 2 is 1.98 bits per heavy atom. The van der Waals surface area contributed by atoms with E-state index in [2.05, 4.69) is 5.32 Å². The number of carboxylic acid groups (broad SMARTS) is 2. The molecule has 4 N–H and O–H groups in total. The molecule has 1 aliphatic carbocycles. The summed E-state index contributed by atoms with van der Waals surface area (Å²) in [4.78, 5) is 49.4. The van der Waals surface area contributed by atoms with Crippen LogP contribution in [0.25, 0.3) is 10.9 Å². The third kappa shape index (κ3) is 4.97. The molecule has 1 aromatic heterocycles. The molecule has 0 radical (unpaired) electrons. The minimum absolute atomic E-state index is 0.0599. The first-order chi connectivity index (χ1) is 20.6. The Labute approximate surface area is 245 Å². The van der Waals surface area contributed by atoms with Crippen molar-refractivity contribution < 1.29 is 43.6 Å². The Morgan fingerprint density at radius 3 is 2.58 bits per heavy atom. The monoisotopic (exact) mass is 600 g/mol. The number of anilines is 1. The number of nitrogens with zero attached hydrogens (tertiary/aromatic N) is 3. The molecular weight excluding hydrogens is 567 g/mol. The van der Waals surface area contributed by atoms with Gasteiger partial charge in [0.05, 0.1) is 31.0 Å². The van der Waals surface area contributed by atoms with Crippen molar-refractivity contribution in [2.75, 3.05) is 38.3 Å². The van der Waals surface area contributed by atoms with Gasteiger partial charge in [0.1, 0.15) is 17.0 Å². The van der Waals surface area contributed by atoms with Gasteiger partial charge in [-0.2, -0.15) is 0 Å². The minimum Gasteiger partial charge on any atom is -0.492 e. The first kappa shape index (κ1) is 28.9. The molecule has 4 atom stereocenters. The van der Waals surface area contributed by atoms with Gasteiger partial charge in [0.2, 0.25) is 11.3 Å². The summed E-state index contributed by atoms with van der Waals surface area (Å²) < 4.78 is 28.0. The highest BCUT2D eigenvalue weighted by Gasteiger charge is 2.53. The van der Waals surface area contributed by atoms with Crippen molar-refractivity contribution >= 4 is 34.4 Å². The van der Waals surface area contributed by atoms with Crippen LogP contribution in [0.5, 0.6) is 5.75 Å². The van der Waals surface area contributed by atoms with E-state index in [-0.39, 0.29) is 41.7 Å². The Balaban J connectivity index is 0.000000197. The summed E-state index contributed by atoms with van der Waals surface area (Å²) in [6.45, 7) is 2.10. The number of hydrogen-bond acceptors (Lipinski definition) is 9. The molecule has 1 saturated carbocycles. The molecular formula is C29H33FN4O9. The number of β-lactam (4-membered cyclic amide) rings is 1. The Bertz CT molecular complexity index is 1570. The summed E-state index contributed by atoms with van der Waals surface area (Å²) in [5.41, 5.74) is -0.155. The summed E-state index contributed by atoms with van der Waals surface area (Å²) >= 11 is 0. The Hall–Kier alpha value is -4.17. The van der Waals surface area contributed by atoms with Crippen LogP contribution in [-0.4, -0.2) is 94.3 Å². The summed E-state index contributed by atoms with van der Waals surface area (Å²) in [5, 5.41) is 30.5. The molecule has 13 nitrogen and oxygen atoms in total. The van der Waals surface area contributed by atoms with Crippen LogP contribution < -0.4 is 20.4 Å². The van der Waals surface area contributed by atoms with Gasteiger partial charge in [0.25, 0.3) is 0 Å². The zero-order valence-electron chi connectivity index (χ0n) is 23.5. The van der Waals surface area contributed by atoms with Crippen LogP contribution in [0, 0.1) is 11.7 Å². The molecule has 1 amide bonds. The molecule has 5 aliphatic rings. The molecule has 43 heavy (non-hydrogen) atoms. The van der Waals surface area contributed by atoms with Crippen LogP contribution in [0.3, 0.4) is 0 Å². The number of aromatic carboxylic acids is 1.